The van der Waals surface area contributed by atoms with Crippen LogP contribution in [0.1, 0.15) is 73.3 Å². The van der Waals surface area contributed by atoms with Gasteiger partial charge in [0.1, 0.15) is 0 Å². The van der Waals surface area contributed by atoms with Crippen LogP contribution in [-0.4, -0.2) is 46.2 Å². The van der Waals surface area contributed by atoms with Gasteiger partial charge in [-0.05, 0) is 81.0 Å². The van der Waals surface area contributed by atoms with Gasteiger partial charge in [-0.2, -0.15) is 5.10 Å². The third kappa shape index (κ3) is 4.84. The fourth-order valence-corrected chi connectivity index (χ4v) is 5.14. The number of carbonyl (C=O) groups excluding carboxylic acids is 1. The summed E-state index contributed by atoms with van der Waals surface area (Å²) in [6, 6.07) is 6.03. The van der Waals surface area contributed by atoms with Gasteiger partial charge in [-0.25, -0.2) is 4.68 Å². The molecule has 7 nitrogen and oxygen atoms in total. The SMILES string of the molecule is Cc1nn(-c2ccc(C(N)=O)c(NC3CCC(OCCO)CC3)c2)c2c1CCC(C)(C)C2. The summed E-state index contributed by atoms with van der Waals surface area (Å²) in [6.45, 7) is 7.16. The van der Waals surface area contributed by atoms with Gasteiger partial charge < -0.3 is 20.9 Å². The lowest BCUT2D eigenvalue weighted by Gasteiger charge is -2.31. The third-order valence-electron chi connectivity index (χ3n) is 6.98. The molecule has 0 aliphatic heterocycles. The highest BCUT2D eigenvalue weighted by atomic mass is 16.5. The summed E-state index contributed by atoms with van der Waals surface area (Å²) in [5.74, 6) is -0.432. The van der Waals surface area contributed by atoms with Gasteiger partial charge in [-0.3, -0.25) is 4.79 Å². The number of aryl methyl sites for hydroxylation is 1. The van der Waals surface area contributed by atoms with Gasteiger partial charge in [0.15, 0.2) is 0 Å². The number of aliphatic hydroxyl groups excluding tert-OH is 1. The molecule has 0 atom stereocenters. The molecule has 4 N–H and O–H groups in total. The Morgan fingerprint density at radius 3 is 2.75 bits per heavy atom. The number of benzene rings is 1. The number of nitrogens with one attached hydrogen (secondary N) is 1. The van der Waals surface area contributed by atoms with E-state index in [1.54, 1.807) is 0 Å². The second-order valence-corrected chi connectivity index (χ2v) is 10.1. The van der Waals surface area contributed by atoms with E-state index in [1.165, 1.54) is 17.7 Å². The van der Waals surface area contributed by atoms with Gasteiger partial charge >= 0.3 is 0 Å². The summed E-state index contributed by atoms with van der Waals surface area (Å²) < 4.78 is 7.73. The molecule has 2 aliphatic carbocycles. The molecule has 1 aromatic heterocycles. The van der Waals surface area contributed by atoms with Gasteiger partial charge in [0.25, 0.3) is 5.91 Å². The van der Waals surface area contributed by atoms with E-state index >= 15 is 0 Å². The molecule has 0 unspecified atom stereocenters. The van der Waals surface area contributed by atoms with Gasteiger partial charge in [-0.15, -0.1) is 0 Å². The number of hydrogen-bond acceptors (Lipinski definition) is 5. The maximum atomic E-state index is 12.1. The fourth-order valence-electron chi connectivity index (χ4n) is 5.14. The second-order valence-electron chi connectivity index (χ2n) is 10.1. The lowest BCUT2D eigenvalue weighted by atomic mass is 9.76. The average molecular weight is 441 g/mol. The Labute approximate surface area is 190 Å². The van der Waals surface area contributed by atoms with Crippen molar-refractivity contribution in [3.63, 3.8) is 0 Å². The van der Waals surface area contributed by atoms with Gasteiger partial charge in [0.05, 0.1) is 36.3 Å². The monoisotopic (exact) mass is 440 g/mol. The van der Waals surface area contributed by atoms with Crippen molar-refractivity contribution in [3.05, 3.63) is 40.7 Å². The first kappa shape index (κ1) is 22.8. The maximum Gasteiger partial charge on any atom is 0.250 e. The smallest absolute Gasteiger partial charge is 0.250 e. The molecule has 1 aromatic carbocycles. The molecule has 1 amide bonds. The Morgan fingerprint density at radius 2 is 2.06 bits per heavy atom. The number of carbonyl (C=O) groups is 1. The number of hydrogen-bond donors (Lipinski definition) is 3. The van der Waals surface area contributed by atoms with Crippen LogP contribution in [0.25, 0.3) is 5.69 Å². The summed E-state index contributed by atoms with van der Waals surface area (Å²) in [5, 5.41) is 17.4. The minimum atomic E-state index is -0.432. The number of ether oxygens (including phenoxy) is 1. The lowest BCUT2D eigenvalue weighted by Crippen LogP contribution is -2.31. The second kappa shape index (κ2) is 9.24. The molecular weight excluding hydrogens is 404 g/mol. The van der Waals surface area contributed by atoms with Crippen LogP contribution in [0.2, 0.25) is 0 Å². The topological polar surface area (TPSA) is 102 Å². The average Bonchev–Trinajstić information content (AvgIpc) is 3.07. The molecule has 1 saturated carbocycles. The van der Waals surface area contributed by atoms with Crippen LogP contribution in [0.3, 0.4) is 0 Å². The van der Waals surface area contributed by atoms with Crippen molar-refractivity contribution in [2.75, 3.05) is 18.5 Å². The maximum absolute atomic E-state index is 12.1. The summed E-state index contributed by atoms with van der Waals surface area (Å²) in [6.07, 6.45) is 7.18. The molecule has 32 heavy (non-hydrogen) atoms. The molecule has 1 heterocycles. The Balaban J connectivity index is 1.58. The fraction of sp³-hybridized carbons (Fsp3) is 0.600. The van der Waals surface area contributed by atoms with Crippen LogP contribution in [0.4, 0.5) is 5.69 Å². The quantitative estimate of drug-likeness (QED) is 0.611. The lowest BCUT2D eigenvalue weighted by molar-refractivity contribution is 0.00722. The largest absolute Gasteiger partial charge is 0.394 e. The number of rotatable bonds is 7. The van der Waals surface area contributed by atoms with Gasteiger partial charge in [0, 0.05) is 17.4 Å². The Hall–Kier alpha value is -2.38. The molecule has 2 aliphatic rings. The summed E-state index contributed by atoms with van der Waals surface area (Å²) >= 11 is 0. The highest BCUT2D eigenvalue weighted by molar-refractivity contribution is 5.99. The number of aliphatic hydroxyl groups is 1. The minimum Gasteiger partial charge on any atom is -0.394 e. The van der Waals surface area contributed by atoms with Crippen molar-refractivity contribution < 1.29 is 14.6 Å². The van der Waals surface area contributed by atoms with E-state index in [0.717, 1.165) is 55.6 Å². The highest BCUT2D eigenvalue weighted by Crippen LogP contribution is 2.37. The van der Waals surface area contributed by atoms with Crippen molar-refractivity contribution >= 4 is 11.6 Å². The van der Waals surface area contributed by atoms with Crippen LogP contribution in [0.5, 0.6) is 0 Å². The number of nitrogens with two attached hydrogens (primary N) is 1. The van der Waals surface area contributed by atoms with E-state index in [1.807, 2.05) is 18.2 Å². The zero-order chi connectivity index (χ0) is 22.9. The molecule has 4 rings (SSSR count). The predicted octanol–water partition coefficient (Wildman–Crippen LogP) is 3.53. The Bertz CT molecular complexity index is 974. The van der Waals surface area contributed by atoms with Crippen LogP contribution >= 0.6 is 0 Å². The van der Waals surface area contributed by atoms with E-state index in [9.17, 15) is 4.79 Å². The van der Waals surface area contributed by atoms with Crippen molar-refractivity contribution in [3.8, 4) is 5.69 Å². The van der Waals surface area contributed by atoms with E-state index in [0.29, 0.717) is 12.2 Å². The summed E-state index contributed by atoms with van der Waals surface area (Å²) in [5.41, 5.74) is 11.9. The molecular formula is C25H36N4O3. The van der Waals surface area contributed by atoms with Crippen LogP contribution in [0, 0.1) is 12.3 Å². The van der Waals surface area contributed by atoms with Gasteiger partial charge in [-0.1, -0.05) is 13.8 Å². The Morgan fingerprint density at radius 1 is 1.31 bits per heavy atom. The number of aromatic nitrogens is 2. The van der Waals surface area contributed by atoms with Crippen molar-refractivity contribution in [2.45, 2.75) is 77.9 Å². The molecule has 0 bridgehead atoms. The molecule has 0 spiro atoms. The number of primary amides is 1. The first-order valence-corrected chi connectivity index (χ1v) is 11.8. The van der Waals surface area contributed by atoms with E-state index in [4.69, 9.17) is 20.7 Å². The van der Waals surface area contributed by atoms with E-state index in [2.05, 4.69) is 30.8 Å². The zero-order valence-corrected chi connectivity index (χ0v) is 19.5. The molecule has 2 aromatic rings. The van der Waals surface area contributed by atoms with E-state index in [-0.39, 0.29) is 24.2 Å². The number of nitrogens with zero attached hydrogens (tertiary/aromatic N) is 2. The molecule has 0 radical (unpaired) electrons. The molecule has 7 heteroatoms. The van der Waals surface area contributed by atoms with Crippen LogP contribution in [-0.2, 0) is 17.6 Å². The normalized spacial score (nSPS) is 22.4. The van der Waals surface area contributed by atoms with Gasteiger partial charge in [0.2, 0.25) is 0 Å². The number of amides is 1. The predicted molar refractivity (Wildman–Crippen MR) is 125 cm³/mol. The highest BCUT2D eigenvalue weighted by Gasteiger charge is 2.30. The Kier molecular flexibility index (Phi) is 6.58. The van der Waals surface area contributed by atoms with Crippen molar-refractivity contribution in [1.29, 1.82) is 0 Å². The summed E-state index contributed by atoms with van der Waals surface area (Å²) in [7, 11) is 0. The van der Waals surface area contributed by atoms with Crippen LogP contribution < -0.4 is 11.1 Å². The molecule has 1 fully saturated rings. The molecule has 174 valence electrons. The zero-order valence-electron chi connectivity index (χ0n) is 19.5. The molecule has 0 saturated heterocycles. The minimum absolute atomic E-state index is 0.0563. The first-order chi connectivity index (χ1) is 15.3. The summed E-state index contributed by atoms with van der Waals surface area (Å²) in [4.78, 5) is 12.1. The first-order valence-electron chi connectivity index (χ1n) is 11.8. The third-order valence-corrected chi connectivity index (χ3v) is 6.98. The van der Waals surface area contributed by atoms with Crippen LogP contribution in [0.15, 0.2) is 18.2 Å². The van der Waals surface area contributed by atoms with Crippen molar-refractivity contribution in [2.24, 2.45) is 11.1 Å². The number of anilines is 1. The standard InChI is InChI=1S/C25H36N4O3/c1-16-20-10-11-25(2,3)15-23(20)29(28-16)18-6-9-21(24(26)31)22(14-18)27-17-4-7-19(8-5-17)32-13-12-30/h6,9,14,17,19,27,30H,4-5,7-8,10-13,15H2,1-3H3,(H2,26,31). The van der Waals surface area contributed by atoms with Crippen molar-refractivity contribution in [1.82, 2.24) is 9.78 Å². The van der Waals surface area contributed by atoms with E-state index < -0.39 is 5.91 Å². The number of fused-ring (bicyclic) bond motifs is 1.